The van der Waals surface area contributed by atoms with Gasteiger partial charge >= 0.3 is 0 Å². The molecule has 30 heavy (non-hydrogen) atoms. The van der Waals surface area contributed by atoms with Gasteiger partial charge in [0, 0.05) is 17.6 Å². The predicted molar refractivity (Wildman–Crippen MR) is 120 cm³/mol. The molecule has 1 amide bonds. The predicted octanol–water partition coefficient (Wildman–Crippen LogP) is 4.00. The first kappa shape index (κ1) is 21.9. The molecule has 0 aliphatic rings. The minimum atomic E-state index is -0.386. The van der Waals surface area contributed by atoms with Crippen LogP contribution < -0.4 is 15.6 Å². The molecule has 3 rings (SSSR count). The zero-order valence-electron chi connectivity index (χ0n) is 16.9. The Morgan fingerprint density at radius 1 is 1.20 bits per heavy atom. The number of methoxy groups -OCH3 is 1. The third-order valence-corrected chi connectivity index (χ3v) is 5.90. The van der Waals surface area contributed by atoms with Crippen LogP contribution >= 0.6 is 23.4 Å². The third kappa shape index (κ3) is 5.43. The molecular formula is C22H22ClN3O3S. The van der Waals surface area contributed by atoms with Gasteiger partial charge in [-0.3, -0.25) is 9.59 Å². The van der Waals surface area contributed by atoms with Gasteiger partial charge in [0.2, 0.25) is 5.91 Å². The number of hydrogen-bond donors (Lipinski definition) is 1. The number of aromatic nitrogens is 2. The van der Waals surface area contributed by atoms with Crippen LogP contribution in [0.4, 0.5) is 0 Å². The van der Waals surface area contributed by atoms with Gasteiger partial charge in [-0.15, -0.1) is 0 Å². The number of nitrogens with one attached hydrogen (secondary N) is 1. The maximum absolute atomic E-state index is 12.5. The number of carbonyl (C=O) groups is 1. The van der Waals surface area contributed by atoms with E-state index in [9.17, 15) is 9.59 Å². The molecule has 8 heteroatoms. The number of benzene rings is 2. The van der Waals surface area contributed by atoms with Crippen molar-refractivity contribution in [3.05, 3.63) is 81.1 Å². The lowest BCUT2D eigenvalue weighted by atomic mass is 10.2. The monoisotopic (exact) mass is 443 g/mol. The van der Waals surface area contributed by atoms with Crippen LogP contribution in [0.25, 0.3) is 5.69 Å². The number of nitrogens with zero attached hydrogens (tertiary/aromatic N) is 2. The number of thioether (sulfide) groups is 1. The molecule has 0 unspecified atom stereocenters. The minimum Gasteiger partial charge on any atom is -0.497 e. The van der Waals surface area contributed by atoms with E-state index in [1.807, 2.05) is 37.3 Å². The Balaban J connectivity index is 1.66. The Morgan fingerprint density at radius 2 is 1.93 bits per heavy atom. The van der Waals surface area contributed by atoms with E-state index >= 15 is 0 Å². The molecule has 2 aromatic carbocycles. The molecule has 1 atom stereocenters. The fourth-order valence-electron chi connectivity index (χ4n) is 2.67. The molecule has 0 saturated carbocycles. The van der Waals surface area contributed by atoms with Crippen LogP contribution in [0.2, 0.25) is 5.02 Å². The van der Waals surface area contributed by atoms with Gasteiger partial charge in [0.15, 0.2) is 0 Å². The lowest BCUT2D eigenvalue weighted by Crippen LogP contribution is -2.30. The molecule has 1 N–H and O–H groups in total. The molecule has 3 aromatic rings. The lowest BCUT2D eigenvalue weighted by Gasteiger charge is -2.13. The van der Waals surface area contributed by atoms with Gasteiger partial charge < -0.3 is 10.1 Å². The van der Waals surface area contributed by atoms with Gasteiger partial charge in [0.1, 0.15) is 10.8 Å². The molecule has 0 bridgehead atoms. The first-order valence-corrected chi connectivity index (χ1v) is 10.6. The van der Waals surface area contributed by atoms with E-state index in [2.05, 4.69) is 10.4 Å². The standard InChI is InChI=1S/C22H22ClN3O3S/c1-14-4-7-17(12-19(14)23)26-21(27)11-10-20(25-26)30-15(2)22(28)24-13-16-5-8-18(29-3)9-6-16/h4-12,15H,13H2,1-3H3,(H,24,28)/t15-/m1/s1. The van der Waals surface area contributed by atoms with E-state index in [-0.39, 0.29) is 16.7 Å². The van der Waals surface area contributed by atoms with Crippen molar-refractivity contribution in [2.24, 2.45) is 0 Å². The summed E-state index contributed by atoms with van der Waals surface area (Å²) in [7, 11) is 1.61. The lowest BCUT2D eigenvalue weighted by molar-refractivity contribution is -0.120. The topological polar surface area (TPSA) is 73.2 Å². The first-order valence-electron chi connectivity index (χ1n) is 9.31. The van der Waals surface area contributed by atoms with Crippen molar-refractivity contribution in [3.63, 3.8) is 0 Å². The van der Waals surface area contributed by atoms with E-state index in [0.29, 0.717) is 22.3 Å². The van der Waals surface area contributed by atoms with E-state index in [0.717, 1.165) is 16.9 Å². The van der Waals surface area contributed by atoms with Crippen LogP contribution in [-0.2, 0) is 11.3 Å². The SMILES string of the molecule is COc1ccc(CNC(=O)[C@@H](C)Sc2ccc(=O)n(-c3ccc(C)c(Cl)c3)n2)cc1. The van der Waals surface area contributed by atoms with Crippen molar-refractivity contribution in [1.82, 2.24) is 15.1 Å². The van der Waals surface area contributed by atoms with Crippen molar-refractivity contribution in [3.8, 4) is 11.4 Å². The molecule has 0 saturated heterocycles. The highest BCUT2D eigenvalue weighted by molar-refractivity contribution is 8.00. The Morgan fingerprint density at radius 3 is 2.60 bits per heavy atom. The summed E-state index contributed by atoms with van der Waals surface area (Å²) in [5, 5.41) is 8.04. The van der Waals surface area contributed by atoms with E-state index in [4.69, 9.17) is 16.3 Å². The highest BCUT2D eigenvalue weighted by Crippen LogP contribution is 2.22. The number of hydrogen-bond acceptors (Lipinski definition) is 5. The van der Waals surface area contributed by atoms with Crippen molar-refractivity contribution in [2.45, 2.75) is 30.7 Å². The van der Waals surface area contributed by atoms with Gasteiger partial charge in [-0.1, -0.05) is 41.6 Å². The molecule has 6 nitrogen and oxygen atoms in total. The maximum Gasteiger partial charge on any atom is 0.271 e. The summed E-state index contributed by atoms with van der Waals surface area (Å²) in [4.78, 5) is 24.7. The Hall–Kier alpha value is -2.77. The maximum atomic E-state index is 12.5. The summed E-state index contributed by atoms with van der Waals surface area (Å²) in [6.07, 6.45) is 0. The van der Waals surface area contributed by atoms with Crippen LogP contribution in [0.1, 0.15) is 18.1 Å². The number of carbonyl (C=O) groups excluding carboxylic acids is 1. The second-order valence-corrected chi connectivity index (χ2v) is 8.45. The van der Waals surface area contributed by atoms with Crippen molar-refractivity contribution in [2.75, 3.05) is 7.11 Å². The first-order chi connectivity index (χ1) is 14.4. The van der Waals surface area contributed by atoms with Gasteiger partial charge in [-0.05, 0) is 55.3 Å². The Labute approximate surface area is 184 Å². The zero-order chi connectivity index (χ0) is 21.7. The molecule has 0 spiro atoms. The molecule has 0 radical (unpaired) electrons. The molecule has 0 fully saturated rings. The van der Waals surface area contributed by atoms with Crippen LogP contribution in [0, 0.1) is 6.92 Å². The molecular weight excluding hydrogens is 422 g/mol. The minimum absolute atomic E-state index is 0.117. The summed E-state index contributed by atoms with van der Waals surface area (Å²) >= 11 is 7.46. The highest BCUT2D eigenvalue weighted by atomic mass is 35.5. The van der Waals surface area contributed by atoms with Crippen molar-refractivity contribution in [1.29, 1.82) is 0 Å². The van der Waals surface area contributed by atoms with E-state index < -0.39 is 0 Å². The quantitative estimate of drug-likeness (QED) is 0.559. The van der Waals surface area contributed by atoms with Gasteiger partial charge in [-0.25, -0.2) is 0 Å². The van der Waals surface area contributed by atoms with Crippen LogP contribution in [0.3, 0.4) is 0 Å². The average Bonchev–Trinajstić information content (AvgIpc) is 2.75. The van der Waals surface area contributed by atoms with Gasteiger partial charge in [0.05, 0.1) is 18.0 Å². The largest absolute Gasteiger partial charge is 0.497 e. The van der Waals surface area contributed by atoms with E-state index in [1.54, 1.807) is 32.2 Å². The number of halogens is 1. The second kappa shape index (κ2) is 9.82. The Bertz CT molecular complexity index is 1100. The summed E-state index contributed by atoms with van der Waals surface area (Å²) in [6.45, 7) is 4.11. The third-order valence-electron chi connectivity index (χ3n) is 4.47. The fourth-order valence-corrected chi connectivity index (χ4v) is 3.67. The van der Waals surface area contributed by atoms with E-state index in [1.165, 1.54) is 22.5 Å². The number of rotatable bonds is 7. The van der Waals surface area contributed by atoms with Crippen molar-refractivity contribution >= 4 is 29.3 Å². The average molecular weight is 444 g/mol. The number of ether oxygens (including phenoxy) is 1. The van der Waals surface area contributed by atoms with Crippen LogP contribution in [0.5, 0.6) is 5.75 Å². The summed E-state index contributed by atoms with van der Waals surface area (Å²) in [6, 6.07) is 15.9. The number of amides is 1. The molecule has 1 aromatic heterocycles. The number of aryl methyl sites for hydroxylation is 1. The zero-order valence-corrected chi connectivity index (χ0v) is 18.5. The molecule has 156 valence electrons. The Kier molecular flexibility index (Phi) is 7.18. The van der Waals surface area contributed by atoms with Gasteiger partial charge in [-0.2, -0.15) is 9.78 Å². The van der Waals surface area contributed by atoms with Crippen LogP contribution in [-0.4, -0.2) is 28.0 Å². The highest BCUT2D eigenvalue weighted by Gasteiger charge is 2.16. The summed E-state index contributed by atoms with van der Waals surface area (Å²) in [5.41, 5.74) is 2.20. The van der Waals surface area contributed by atoms with Gasteiger partial charge in [0.25, 0.3) is 5.56 Å². The molecule has 0 aliphatic heterocycles. The smallest absolute Gasteiger partial charge is 0.271 e. The normalized spacial score (nSPS) is 11.7. The molecule has 1 heterocycles. The summed E-state index contributed by atoms with van der Waals surface area (Å²) in [5.74, 6) is 0.652. The van der Waals surface area contributed by atoms with Crippen molar-refractivity contribution < 1.29 is 9.53 Å². The van der Waals surface area contributed by atoms with Crippen LogP contribution in [0.15, 0.2) is 64.4 Å². The second-order valence-electron chi connectivity index (χ2n) is 6.68. The summed E-state index contributed by atoms with van der Waals surface area (Å²) < 4.78 is 6.42. The fraction of sp³-hybridized carbons (Fsp3) is 0.227. The molecule has 0 aliphatic carbocycles.